The maximum absolute atomic E-state index is 11.8. The molecule has 0 radical (unpaired) electrons. The van der Waals surface area contributed by atoms with E-state index in [0.29, 0.717) is 18.4 Å². The van der Waals surface area contributed by atoms with E-state index in [1.165, 1.54) is 12.8 Å². The molecule has 2 atom stereocenters. The van der Waals surface area contributed by atoms with Gasteiger partial charge in [-0.3, -0.25) is 0 Å². The highest BCUT2D eigenvalue weighted by molar-refractivity contribution is 7.89. The van der Waals surface area contributed by atoms with Crippen LogP contribution >= 0.6 is 0 Å². The van der Waals surface area contributed by atoms with Crippen LogP contribution in [-0.2, 0) is 10.0 Å². The molecule has 1 aliphatic rings. The van der Waals surface area contributed by atoms with Gasteiger partial charge in [-0.05, 0) is 38.6 Å². The normalized spacial score (nSPS) is 20.2. The number of rotatable bonds is 9. The smallest absolute Gasteiger partial charge is 0.211 e. The molecule has 2 unspecified atom stereocenters. The van der Waals surface area contributed by atoms with Gasteiger partial charge in [-0.1, -0.05) is 20.3 Å². The summed E-state index contributed by atoms with van der Waals surface area (Å²) in [6, 6.07) is 0.686. The summed E-state index contributed by atoms with van der Waals surface area (Å²) in [6.45, 7) is 6.90. The average Bonchev–Trinajstić information content (AvgIpc) is 3.06. The summed E-state index contributed by atoms with van der Waals surface area (Å²) in [5.41, 5.74) is 0. The molecule has 0 aromatic carbocycles. The summed E-state index contributed by atoms with van der Waals surface area (Å²) >= 11 is 0. The third kappa shape index (κ3) is 6.38. The lowest BCUT2D eigenvalue weighted by molar-refractivity contribution is 0.433. The van der Waals surface area contributed by atoms with Crippen LogP contribution in [0.5, 0.6) is 0 Å². The Bertz CT molecular complexity index is 312. The molecule has 1 fully saturated rings. The van der Waals surface area contributed by atoms with Gasteiger partial charge < -0.3 is 5.32 Å². The minimum atomic E-state index is -3.10. The maximum atomic E-state index is 11.8. The van der Waals surface area contributed by atoms with Gasteiger partial charge in [0.2, 0.25) is 10.0 Å². The van der Waals surface area contributed by atoms with Crippen LogP contribution in [0.4, 0.5) is 0 Å². The molecule has 2 N–H and O–H groups in total. The molecule has 17 heavy (non-hydrogen) atoms. The standard InChI is InChI=1S/C12H26N2O2S/c1-4-10(2)11(3)14-17(15,16)9-5-8-13-12-6-7-12/h10-14H,4-9H2,1-3H3. The van der Waals surface area contributed by atoms with E-state index in [1.54, 1.807) is 0 Å². The fourth-order valence-electron chi connectivity index (χ4n) is 1.67. The molecule has 0 heterocycles. The fraction of sp³-hybridized carbons (Fsp3) is 1.00. The molecule has 0 spiro atoms. The lowest BCUT2D eigenvalue weighted by atomic mass is 10.0. The highest BCUT2D eigenvalue weighted by Gasteiger charge is 2.21. The second-order valence-electron chi connectivity index (χ2n) is 5.19. The summed E-state index contributed by atoms with van der Waals surface area (Å²) in [5, 5.41) is 3.32. The topological polar surface area (TPSA) is 58.2 Å². The molecule has 0 aromatic heterocycles. The Kier molecular flexibility index (Phi) is 5.89. The van der Waals surface area contributed by atoms with Crippen LogP contribution in [-0.4, -0.2) is 32.8 Å². The molecule has 0 amide bonds. The van der Waals surface area contributed by atoms with Crippen molar-refractivity contribution in [2.45, 2.75) is 58.5 Å². The highest BCUT2D eigenvalue weighted by atomic mass is 32.2. The maximum Gasteiger partial charge on any atom is 0.211 e. The van der Waals surface area contributed by atoms with Gasteiger partial charge in [0.25, 0.3) is 0 Å². The van der Waals surface area contributed by atoms with Crippen LogP contribution in [0, 0.1) is 5.92 Å². The zero-order chi connectivity index (χ0) is 12.9. The van der Waals surface area contributed by atoms with Crippen LogP contribution in [0.2, 0.25) is 0 Å². The zero-order valence-electron chi connectivity index (χ0n) is 11.2. The summed E-state index contributed by atoms with van der Waals surface area (Å²) in [7, 11) is -3.10. The molecular formula is C12H26N2O2S. The van der Waals surface area contributed by atoms with Gasteiger partial charge in [-0.15, -0.1) is 0 Å². The fourth-order valence-corrected chi connectivity index (χ4v) is 3.11. The molecule has 5 heteroatoms. The Labute approximate surface area is 106 Å². The largest absolute Gasteiger partial charge is 0.314 e. The third-order valence-electron chi connectivity index (χ3n) is 3.46. The first-order valence-electron chi connectivity index (χ1n) is 6.68. The van der Waals surface area contributed by atoms with E-state index in [9.17, 15) is 8.42 Å². The molecule has 0 aliphatic heterocycles. The van der Waals surface area contributed by atoms with E-state index < -0.39 is 10.0 Å². The number of nitrogens with one attached hydrogen (secondary N) is 2. The molecule has 0 aromatic rings. The average molecular weight is 262 g/mol. The molecular weight excluding hydrogens is 236 g/mol. The lowest BCUT2D eigenvalue weighted by Gasteiger charge is -2.19. The Morgan fingerprint density at radius 2 is 1.94 bits per heavy atom. The van der Waals surface area contributed by atoms with Crippen molar-refractivity contribution in [3.8, 4) is 0 Å². The Balaban J connectivity index is 2.19. The zero-order valence-corrected chi connectivity index (χ0v) is 12.0. The SMILES string of the molecule is CCC(C)C(C)NS(=O)(=O)CCCNC1CC1. The van der Waals surface area contributed by atoms with Crippen LogP contribution in [0.25, 0.3) is 0 Å². The van der Waals surface area contributed by atoms with Crippen LogP contribution in [0.1, 0.15) is 46.5 Å². The van der Waals surface area contributed by atoms with E-state index in [-0.39, 0.29) is 11.8 Å². The summed E-state index contributed by atoms with van der Waals surface area (Å²) in [5.74, 6) is 0.613. The second-order valence-corrected chi connectivity index (χ2v) is 7.07. The van der Waals surface area contributed by atoms with E-state index in [0.717, 1.165) is 13.0 Å². The van der Waals surface area contributed by atoms with Gasteiger partial charge in [-0.2, -0.15) is 0 Å². The minimum absolute atomic E-state index is 0.0291. The first kappa shape index (κ1) is 14.9. The van der Waals surface area contributed by atoms with Gasteiger partial charge in [0.1, 0.15) is 0 Å². The van der Waals surface area contributed by atoms with Crippen molar-refractivity contribution in [1.82, 2.24) is 10.0 Å². The van der Waals surface area contributed by atoms with Gasteiger partial charge in [-0.25, -0.2) is 13.1 Å². The Morgan fingerprint density at radius 1 is 1.29 bits per heavy atom. The predicted octanol–water partition coefficient (Wildman–Crippen LogP) is 1.48. The summed E-state index contributed by atoms with van der Waals surface area (Å²) in [6.07, 6.45) is 4.18. The van der Waals surface area contributed by atoms with E-state index in [1.807, 2.05) is 6.92 Å². The van der Waals surface area contributed by atoms with E-state index in [2.05, 4.69) is 23.9 Å². The van der Waals surface area contributed by atoms with Crippen LogP contribution in [0.3, 0.4) is 0 Å². The molecule has 102 valence electrons. The van der Waals surface area contributed by atoms with Crippen molar-refractivity contribution in [2.75, 3.05) is 12.3 Å². The third-order valence-corrected chi connectivity index (χ3v) is 5.02. The van der Waals surface area contributed by atoms with Gasteiger partial charge >= 0.3 is 0 Å². The Morgan fingerprint density at radius 3 is 2.47 bits per heavy atom. The van der Waals surface area contributed by atoms with Gasteiger partial charge in [0, 0.05) is 12.1 Å². The molecule has 1 aliphatic carbocycles. The number of hydrogen-bond donors (Lipinski definition) is 2. The van der Waals surface area contributed by atoms with Crippen LogP contribution < -0.4 is 10.0 Å². The summed E-state index contributed by atoms with van der Waals surface area (Å²) < 4.78 is 26.3. The monoisotopic (exact) mass is 262 g/mol. The molecule has 0 saturated heterocycles. The van der Waals surface area contributed by atoms with Crippen molar-refractivity contribution in [3.05, 3.63) is 0 Å². The molecule has 4 nitrogen and oxygen atoms in total. The van der Waals surface area contributed by atoms with E-state index >= 15 is 0 Å². The van der Waals surface area contributed by atoms with E-state index in [4.69, 9.17) is 0 Å². The van der Waals surface area contributed by atoms with Crippen molar-refractivity contribution in [1.29, 1.82) is 0 Å². The molecule has 0 bridgehead atoms. The summed E-state index contributed by atoms with van der Waals surface area (Å²) in [4.78, 5) is 0. The first-order chi connectivity index (χ1) is 7.94. The first-order valence-corrected chi connectivity index (χ1v) is 8.33. The molecule has 1 rings (SSSR count). The van der Waals surface area contributed by atoms with Gasteiger partial charge in [0.15, 0.2) is 0 Å². The molecule has 1 saturated carbocycles. The van der Waals surface area contributed by atoms with Crippen LogP contribution in [0.15, 0.2) is 0 Å². The predicted molar refractivity (Wildman–Crippen MR) is 71.5 cm³/mol. The quantitative estimate of drug-likeness (QED) is 0.619. The lowest BCUT2D eigenvalue weighted by Crippen LogP contribution is -2.38. The number of hydrogen-bond acceptors (Lipinski definition) is 3. The second kappa shape index (κ2) is 6.71. The van der Waals surface area contributed by atoms with Crippen molar-refractivity contribution >= 4 is 10.0 Å². The highest BCUT2D eigenvalue weighted by Crippen LogP contribution is 2.18. The van der Waals surface area contributed by atoms with Crippen molar-refractivity contribution in [3.63, 3.8) is 0 Å². The van der Waals surface area contributed by atoms with Crippen molar-refractivity contribution in [2.24, 2.45) is 5.92 Å². The van der Waals surface area contributed by atoms with Gasteiger partial charge in [0.05, 0.1) is 5.75 Å². The number of sulfonamides is 1. The minimum Gasteiger partial charge on any atom is -0.314 e. The van der Waals surface area contributed by atoms with Crippen molar-refractivity contribution < 1.29 is 8.42 Å². The Hall–Kier alpha value is -0.130.